The molecular weight excluding hydrogens is 274 g/mol. The molecule has 21 heavy (non-hydrogen) atoms. The number of urea groups is 1. The number of nitrogens with one attached hydrogen (secondary N) is 1. The van der Waals surface area contributed by atoms with Crippen molar-refractivity contribution in [2.45, 2.75) is 51.0 Å². The van der Waals surface area contributed by atoms with Crippen LogP contribution in [0.1, 0.15) is 26.7 Å². The third-order valence-corrected chi connectivity index (χ3v) is 4.51. The van der Waals surface area contributed by atoms with Crippen LogP contribution in [0.15, 0.2) is 0 Å². The molecule has 2 rings (SSSR count). The number of nitrogens with zero attached hydrogens (tertiary/aromatic N) is 2. The standard InChI is InChI=1S/C14H25N3O4/c1-9-7-17(8-10(2)16(9)3)14(20)15-6-11-4-5-12(21-11)13(18)19/h9-12H,4-8H2,1-3H3,(H,15,20)(H,18,19). The van der Waals surface area contributed by atoms with Crippen molar-refractivity contribution in [1.82, 2.24) is 15.1 Å². The zero-order chi connectivity index (χ0) is 15.6. The highest BCUT2D eigenvalue weighted by atomic mass is 16.5. The molecule has 2 amide bonds. The summed E-state index contributed by atoms with van der Waals surface area (Å²) in [7, 11) is 2.07. The minimum atomic E-state index is -0.925. The van der Waals surface area contributed by atoms with Crippen LogP contribution in [-0.4, -0.2) is 77.9 Å². The van der Waals surface area contributed by atoms with Crippen molar-refractivity contribution in [3.8, 4) is 0 Å². The first-order valence-electron chi connectivity index (χ1n) is 7.51. The summed E-state index contributed by atoms with van der Waals surface area (Å²) in [6.45, 7) is 5.99. The zero-order valence-corrected chi connectivity index (χ0v) is 12.9. The van der Waals surface area contributed by atoms with Crippen molar-refractivity contribution < 1.29 is 19.4 Å². The summed E-state index contributed by atoms with van der Waals surface area (Å²) < 4.78 is 5.38. The average molecular weight is 299 g/mol. The Kier molecular flexibility index (Phi) is 5.05. The molecule has 0 aromatic heterocycles. The van der Waals surface area contributed by atoms with Gasteiger partial charge >= 0.3 is 12.0 Å². The molecule has 7 nitrogen and oxygen atoms in total. The lowest BCUT2D eigenvalue weighted by Crippen LogP contribution is -2.58. The van der Waals surface area contributed by atoms with E-state index in [9.17, 15) is 9.59 Å². The van der Waals surface area contributed by atoms with E-state index in [4.69, 9.17) is 9.84 Å². The summed E-state index contributed by atoms with van der Waals surface area (Å²) in [5.74, 6) is -0.925. The van der Waals surface area contributed by atoms with Gasteiger partial charge in [0.05, 0.1) is 6.10 Å². The summed E-state index contributed by atoms with van der Waals surface area (Å²) in [6, 6.07) is 0.571. The maximum absolute atomic E-state index is 12.2. The minimum Gasteiger partial charge on any atom is -0.479 e. The average Bonchev–Trinajstić information content (AvgIpc) is 2.90. The molecule has 0 saturated carbocycles. The number of hydrogen-bond donors (Lipinski definition) is 2. The SMILES string of the molecule is CC1CN(C(=O)NCC2CCC(C(=O)O)O2)CC(C)N1C. The number of carbonyl (C=O) groups is 2. The van der Waals surface area contributed by atoms with Crippen molar-refractivity contribution in [3.63, 3.8) is 0 Å². The van der Waals surface area contributed by atoms with E-state index >= 15 is 0 Å². The van der Waals surface area contributed by atoms with Gasteiger partial charge < -0.3 is 20.1 Å². The molecular formula is C14H25N3O4. The Balaban J connectivity index is 1.76. The van der Waals surface area contributed by atoms with Crippen LogP contribution in [0.4, 0.5) is 4.79 Å². The van der Waals surface area contributed by atoms with Crippen LogP contribution in [-0.2, 0) is 9.53 Å². The van der Waals surface area contributed by atoms with Crippen molar-refractivity contribution in [2.24, 2.45) is 0 Å². The minimum absolute atomic E-state index is 0.0934. The van der Waals surface area contributed by atoms with Gasteiger partial charge in [-0.1, -0.05) is 0 Å². The smallest absolute Gasteiger partial charge is 0.332 e. The lowest BCUT2D eigenvalue weighted by Gasteiger charge is -2.42. The third kappa shape index (κ3) is 3.85. The number of carboxylic acid groups (broad SMARTS) is 1. The van der Waals surface area contributed by atoms with Crippen LogP contribution in [0.2, 0.25) is 0 Å². The molecule has 2 fully saturated rings. The Morgan fingerprint density at radius 1 is 1.24 bits per heavy atom. The lowest BCUT2D eigenvalue weighted by atomic mass is 10.1. The van der Waals surface area contributed by atoms with Crippen LogP contribution in [0, 0.1) is 0 Å². The molecule has 0 aromatic carbocycles. The highest BCUT2D eigenvalue weighted by molar-refractivity contribution is 5.74. The van der Waals surface area contributed by atoms with Gasteiger partial charge in [-0.3, -0.25) is 4.90 Å². The van der Waals surface area contributed by atoms with Crippen LogP contribution in [0.3, 0.4) is 0 Å². The Morgan fingerprint density at radius 3 is 2.38 bits per heavy atom. The van der Waals surface area contributed by atoms with E-state index in [0.29, 0.717) is 44.6 Å². The topological polar surface area (TPSA) is 82.1 Å². The number of hydrogen-bond acceptors (Lipinski definition) is 4. The summed E-state index contributed by atoms with van der Waals surface area (Å²) in [4.78, 5) is 27.1. The summed E-state index contributed by atoms with van der Waals surface area (Å²) >= 11 is 0. The second-order valence-electron chi connectivity index (χ2n) is 6.12. The van der Waals surface area contributed by atoms with Gasteiger partial charge in [0.1, 0.15) is 0 Å². The number of likely N-dealkylation sites (N-methyl/N-ethyl adjacent to an activating group) is 1. The highest BCUT2D eigenvalue weighted by Crippen LogP contribution is 2.19. The molecule has 4 unspecified atom stereocenters. The Bertz CT molecular complexity index is 392. The van der Waals surface area contributed by atoms with Crippen molar-refractivity contribution >= 4 is 12.0 Å². The first-order valence-corrected chi connectivity index (χ1v) is 7.51. The fourth-order valence-corrected chi connectivity index (χ4v) is 2.92. The molecule has 0 radical (unpaired) electrons. The normalized spacial score (nSPS) is 34.0. The van der Waals surface area contributed by atoms with Crippen molar-refractivity contribution in [3.05, 3.63) is 0 Å². The first kappa shape index (κ1) is 16.0. The van der Waals surface area contributed by atoms with Crippen LogP contribution in [0.25, 0.3) is 0 Å². The van der Waals surface area contributed by atoms with Crippen LogP contribution in [0.5, 0.6) is 0 Å². The summed E-state index contributed by atoms with van der Waals surface area (Å²) in [5, 5.41) is 11.7. The second kappa shape index (κ2) is 6.62. The van der Waals surface area contributed by atoms with Gasteiger partial charge in [0.25, 0.3) is 0 Å². The Morgan fingerprint density at radius 2 is 1.86 bits per heavy atom. The number of ether oxygens (including phenoxy) is 1. The van der Waals surface area contributed by atoms with Gasteiger partial charge in [-0.05, 0) is 33.7 Å². The first-order chi connectivity index (χ1) is 9.88. The predicted molar refractivity (Wildman–Crippen MR) is 77.2 cm³/mol. The van der Waals surface area contributed by atoms with Gasteiger partial charge in [-0.25, -0.2) is 9.59 Å². The van der Waals surface area contributed by atoms with Gasteiger partial charge in [0, 0.05) is 31.7 Å². The molecule has 0 bridgehead atoms. The molecule has 0 spiro atoms. The summed E-state index contributed by atoms with van der Waals surface area (Å²) in [6.07, 6.45) is 0.263. The van der Waals surface area contributed by atoms with Gasteiger partial charge in [0.2, 0.25) is 0 Å². The lowest BCUT2D eigenvalue weighted by molar-refractivity contribution is -0.149. The maximum Gasteiger partial charge on any atom is 0.332 e. The van der Waals surface area contributed by atoms with E-state index in [2.05, 4.69) is 31.1 Å². The molecule has 0 aliphatic carbocycles. The maximum atomic E-state index is 12.2. The molecule has 4 atom stereocenters. The number of rotatable bonds is 3. The molecule has 2 aliphatic rings. The van der Waals surface area contributed by atoms with E-state index in [1.165, 1.54) is 0 Å². The number of amides is 2. The molecule has 120 valence electrons. The van der Waals surface area contributed by atoms with Gasteiger partial charge in [-0.2, -0.15) is 0 Å². The van der Waals surface area contributed by atoms with Crippen molar-refractivity contribution in [1.29, 1.82) is 0 Å². The van der Waals surface area contributed by atoms with Crippen LogP contribution < -0.4 is 5.32 Å². The zero-order valence-electron chi connectivity index (χ0n) is 12.9. The van der Waals surface area contributed by atoms with Gasteiger partial charge in [0.15, 0.2) is 6.10 Å². The largest absolute Gasteiger partial charge is 0.479 e. The number of carboxylic acids is 1. The molecule has 7 heteroatoms. The molecule has 2 saturated heterocycles. The Labute approximate surface area is 125 Å². The molecule has 2 heterocycles. The quantitative estimate of drug-likeness (QED) is 0.786. The van der Waals surface area contributed by atoms with E-state index in [1.807, 2.05) is 4.90 Å². The van der Waals surface area contributed by atoms with E-state index in [0.717, 1.165) is 0 Å². The van der Waals surface area contributed by atoms with E-state index in [-0.39, 0.29) is 12.1 Å². The number of carbonyl (C=O) groups excluding carboxylic acids is 1. The van der Waals surface area contributed by atoms with Gasteiger partial charge in [-0.15, -0.1) is 0 Å². The van der Waals surface area contributed by atoms with Crippen molar-refractivity contribution in [2.75, 3.05) is 26.7 Å². The number of aliphatic carboxylic acids is 1. The highest BCUT2D eigenvalue weighted by Gasteiger charge is 2.32. The fraction of sp³-hybridized carbons (Fsp3) is 0.857. The fourth-order valence-electron chi connectivity index (χ4n) is 2.92. The molecule has 2 N–H and O–H groups in total. The Hall–Kier alpha value is -1.34. The number of piperazine rings is 1. The van der Waals surface area contributed by atoms with Crippen LogP contribution >= 0.6 is 0 Å². The second-order valence-corrected chi connectivity index (χ2v) is 6.12. The van der Waals surface area contributed by atoms with E-state index < -0.39 is 12.1 Å². The molecule has 2 aliphatic heterocycles. The van der Waals surface area contributed by atoms with E-state index in [1.54, 1.807) is 0 Å². The third-order valence-electron chi connectivity index (χ3n) is 4.51. The molecule has 0 aromatic rings. The predicted octanol–water partition coefficient (Wildman–Crippen LogP) is 0.353. The summed E-state index contributed by atoms with van der Waals surface area (Å²) in [5.41, 5.74) is 0. The monoisotopic (exact) mass is 299 g/mol.